The topological polar surface area (TPSA) is 58.9 Å². The Morgan fingerprint density at radius 1 is 0.943 bits per heavy atom. The monoisotopic (exact) mass is 483 g/mol. The number of oxime groups is 1. The molecule has 5 aliphatic rings. The van der Waals surface area contributed by atoms with E-state index >= 15 is 0 Å². The molecule has 4 heteroatoms. The molecular weight excluding hydrogens is 434 g/mol. The van der Waals surface area contributed by atoms with Crippen molar-refractivity contribution in [1.82, 2.24) is 0 Å². The van der Waals surface area contributed by atoms with Gasteiger partial charge in [0, 0.05) is 5.41 Å². The fourth-order valence-corrected chi connectivity index (χ4v) is 11.7. The minimum Gasteiger partial charge on any atom is -0.469 e. The summed E-state index contributed by atoms with van der Waals surface area (Å²) < 4.78 is 5.50. The number of hydrogen-bond acceptors (Lipinski definition) is 4. The molecule has 0 spiro atoms. The van der Waals surface area contributed by atoms with Gasteiger partial charge in [0.25, 0.3) is 0 Å². The zero-order valence-corrected chi connectivity index (χ0v) is 23.4. The zero-order valence-electron chi connectivity index (χ0n) is 23.4. The summed E-state index contributed by atoms with van der Waals surface area (Å²) in [4.78, 5) is 13.4. The first kappa shape index (κ1) is 25.3. The lowest BCUT2D eigenvalue weighted by molar-refractivity contribution is -0.230. The van der Waals surface area contributed by atoms with Gasteiger partial charge < -0.3 is 9.94 Å². The average Bonchev–Trinajstić information content (AvgIpc) is 3.20. The van der Waals surface area contributed by atoms with Crippen LogP contribution in [-0.2, 0) is 9.53 Å². The van der Waals surface area contributed by atoms with E-state index < -0.39 is 0 Å². The van der Waals surface area contributed by atoms with E-state index in [0.717, 1.165) is 44.2 Å². The van der Waals surface area contributed by atoms with Crippen molar-refractivity contribution in [2.24, 2.45) is 61.8 Å². The lowest BCUT2D eigenvalue weighted by Crippen LogP contribution is -2.66. The van der Waals surface area contributed by atoms with Crippen LogP contribution in [0.1, 0.15) is 106 Å². The quantitative estimate of drug-likeness (QED) is 0.190. The Morgan fingerprint density at radius 3 is 2.29 bits per heavy atom. The standard InChI is InChI=1S/C31H49NO3/c1-19(2)20-11-16-31(26(33)35-8)18-17-29(6)21(25(20)31)9-10-23-28(5)14-13-24(32-34)27(3,4)22(28)12-15-30(23,29)7/h20-23,25,34H,1,9-18H2,2-8H3/b32-24+/t20-,21+,22+,23+,25-,28-,29+,30+,31-/m0/s1. The van der Waals surface area contributed by atoms with Gasteiger partial charge in [-0.15, -0.1) is 0 Å². The van der Waals surface area contributed by atoms with Crippen molar-refractivity contribution in [2.45, 2.75) is 106 Å². The van der Waals surface area contributed by atoms with Crippen molar-refractivity contribution >= 4 is 11.7 Å². The van der Waals surface area contributed by atoms with Crippen molar-refractivity contribution in [3.8, 4) is 0 Å². The van der Waals surface area contributed by atoms with Crippen molar-refractivity contribution in [3.63, 3.8) is 0 Å². The number of carbonyl (C=O) groups is 1. The Morgan fingerprint density at radius 2 is 1.66 bits per heavy atom. The third kappa shape index (κ3) is 2.98. The molecule has 196 valence electrons. The molecule has 5 saturated carbocycles. The predicted octanol–water partition coefficient (Wildman–Crippen LogP) is 7.65. The van der Waals surface area contributed by atoms with Gasteiger partial charge in [-0.25, -0.2) is 0 Å². The number of methoxy groups -OCH3 is 1. The molecule has 0 aromatic rings. The molecule has 9 atom stereocenters. The van der Waals surface area contributed by atoms with Gasteiger partial charge in [0.15, 0.2) is 0 Å². The van der Waals surface area contributed by atoms with E-state index in [4.69, 9.17) is 4.74 Å². The summed E-state index contributed by atoms with van der Waals surface area (Å²) in [7, 11) is 1.59. The Balaban J connectivity index is 1.56. The van der Waals surface area contributed by atoms with Gasteiger partial charge in [0.1, 0.15) is 0 Å². The molecule has 0 heterocycles. The molecule has 0 aliphatic heterocycles. The van der Waals surface area contributed by atoms with Crippen LogP contribution in [0.4, 0.5) is 0 Å². The molecule has 0 saturated heterocycles. The third-order valence-electron chi connectivity index (χ3n) is 13.6. The van der Waals surface area contributed by atoms with Crippen molar-refractivity contribution < 1.29 is 14.7 Å². The highest BCUT2D eigenvalue weighted by atomic mass is 16.5. The second-order valence-corrected chi connectivity index (χ2v) is 14.6. The van der Waals surface area contributed by atoms with E-state index in [9.17, 15) is 10.0 Å². The number of allylic oxidation sites excluding steroid dienone is 1. The fourth-order valence-electron chi connectivity index (χ4n) is 11.7. The lowest BCUT2D eigenvalue weighted by Gasteiger charge is -2.72. The van der Waals surface area contributed by atoms with E-state index in [-0.39, 0.29) is 33.0 Å². The van der Waals surface area contributed by atoms with Gasteiger partial charge in [-0.2, -0.15) is 0 Å². The SMILES string of the molecule is C=C(C)[C@@H]1CC[C@]2(C(=O)OC)CC[C@]3(C)[C@H](CC[C@@H]4[C@@]5(C)CC/C(=N\O)C(C)(C)[C@H]5CC[C@]43C)[C@H]12. The molecule has 0 amide bonds. The average molecular weight is 484 g/mol. The van der Waals surface area contributed by atoms with Gasteiger partial charge in [-0.3, -0.25) is 4.79 Å². The maximum Gasteiger partial charge on any atom is 0.312 e. The molecule has 4 nitrogen and oxygen atoms in total. The summed E-state index contributed by atoms with van der Waals surface area (Å²) in [6.45, 7) is 19.1. The van der Waals surface area contributed by atoms with Gasteiger partial charge in [0.05, 0.1) is 18.2 Å². The molecule has 1 N–H and O–H groups in total. The van der Waals surface area contributed by atoms with Crippen LogP contribution < -0.4 is 0 Å². The van der Waals surface area contributed by atoms with Crippen molar-refractivity contribution in [1.29, 1.82) is 0 Å². The maximum atomic E-state index is 13.4. The minimum atomic E-state index is -0.313. The smallest absolute Gasteiger partial charge is 0.312 e. The fraction of sp³-hybridized carbons (Fsp3) is 0.871. The second-order valence-electron chi connectivity index (χ2n) is 14.6. The summed E-state index contributed by atoms with van der Waals surface area (Å²) in [5.74, 6) is 2.62. The molecule has 0 radical (unpaired) electrons. The first-order valence-corrected chi connectivity index (χ1v) is 14.3. The van der Waals surface area contributed by atoms with Gasteiger partial charge in [-0.1, -0.05) is 51.9 Å². The molecule has 0 aromatic carbocycles. The molecule has 5 rings (SSSR count). The van der Waals surface area contributed by atoms with Crippen molar-refractivity contribution in [3.05, 3.63) is 12.2 Å². The summed E-state index contributed by atoms with van der Waals surface area (Å²) in [6.07, 6.45) is 11.1. The van der Waals surface area contributed by atoms with Crippen LogP contribution in [0.2, 0.25) is 0 Å². The van der Waals surface area contributed by atoms with Gasteiger partial charge in [0.2, 0.25) is 0 Å². The number of carbonyl (C=O) groups excluding carboxylic acids is 1. The molecule has 5 fully saturated rings. The van der Waals surface area contributed by atoms with Crippen LogP contribution in [0, 0.1) is 56.7 Å². The Bertz CT molecular complexity index is 953. The van der Waals surface area contributed by atoms with Crippen LogP contribution in [0.5, 0.6) is 0 Å². The van der Waals surface area contributed by atoms with Crippen molar-refractivity contribution in [2.75, 3.05) is 7.11 Å². The number of nitrogens with zero attached hydrogens (tertiary/aromatic N) is 1. The first-order chi connectivity index (χ1) is 16.3. The Hall–Kier alpha value is -1.32. The van der Waals surface area contributed by atoms with E-state index in [2.05, 4.69) is 53.3 Å². The summed E-state index contributed by atoms with van der Waals surface area (Å²) in [5, 5.41) is 13.5. The molecule has 0 bridgehead atoms. The van der Waals surface area contributed by atoms with Crippen LogP contribution in [0.15, 0.2) is 17.3 Å². The largest absolute Gasteiger partial charge is 0.469 e. The van der Waals surface area contributed by atoms with E-state index in [1.165, 1.54) is 31.3 Å². The highest BCUT2D eigenvalue weighted by Crippen LogP contribution is 2.77. The second kappa shape index (κ2) is 7.84. The molecule has 0 unspecified atom stereocenters. The predicted molar refractivity (Wildman–Crippen MR) is 140 cm³/mol. The Kier molecular flexibility index (Phi) is 5.67. The zero-order chi connectivity index (χ0) is 25.6. The van der Waals surface area contributed by atoms with E-state index in [1.54, 1.807) is 7.11 Å². The summed E-state index contributed by atoms with van der Waals surface area (Å²) in [5.41, 5.74) is 2.64. The summed E-state index contributed by atoms with van der Waals surface area (Å²) >= 11 is 0. The van der Waals surface area contributed by atoms with Crippen LogP contribution in [0.3, 0.4) is 0 Å². The number of esters is 1. The number of fused-ring (bicyclic) bond motifs is 7. The molecule has 5 aliphatic carbocycles. The van der Waals surface area contributed by atoms with Gasteiger partial charge in [-0.05, 0) is 117 Å². The number of hydrogen-bond donors (Lipinski definition) is 1. The van der Waals surface area contributed by atoms with Crippen LogP contribution in [-0.4, -0.2) is 24.0 Å². The van der Waals surface area contributed by atoms with Gasteiger partial charge >= 0.3 is 5.97 Å². The molecular formula is C31H49NO3. The molecule has 0 aromatic heterocycles. The van der Waals surface area contributed by atoms with E-state index in [1.807, 2.05) is 0 Å². The highest BCUT2D eigenvalue weighted by Gasteiger charge is 2.72. The number of ether oxygens (including phenoxy) is 1. The lowest BCUT2D eigenvalue weighted by atomic mass is 9.32. The van der Waals surface area contributed by atoms with Crippen LogP contribution in [0.25, 0.3) is 0 Å². The van der Waals surface area contributed by atoms with Crippen LogP contribution >= 0.6 is 0 Å². The Labute approximate surface area is 213 Å². The first-order valence-electron chi connectivity index (χ1n) is 14.3. The van der Waals surface area contributed by atoms with E-state index in [0.29, 0.717) is 29.6 Å². The molecule has 35 heavy (non-hydrogen) atoms. The normalized spacial score (nSPS) is 51.5. The number of rotatable bonds is 2. The summed E-state index contributed by atoms with van der Waals surface area (Å²) in [6, 6.07) is 0. The minimum absolute atomic E-state index is 0.0427. The third-order valence-corrected chi connectivity index (χ3v) is 13.6. The maximum absolute atomic E-state index is 13.4. The highest BCUT2D eigenvalue weighted by molar-refractivity contribution is 5.90.